The fourth-order valence-corrected chi connectivity index (χ4v) is 0.896. The molecule has 19 heavy (non-hydrogen) atoms. The Morgan fingerprint density at radius 1 is 1.00 bits per heavy atom. The molecule has 10 heteroatoms. The van der Waals surface area contributed by atoms with Crippen molar-refractivity contribution < 1.29 is 29.0 Å². The van der Waals surface area contributed by atoms with Crippen molar-refractivity contribution in [3.8, 4) is 0 Å². The van der Waals surface area contributed by atoms with Crippen LogP contribution in [0, 0.1) is 0 Å². The van der Waals surface area contributed by atoms with Gasteiger partial charge in [-0.3, -0.25) is 4.79 Å². The molecule has 0 aromatic rings. The van der Waals surface area contributed by atoms with Crippen LogP contribution in [0.4, 0.5) is 0 Å². The molecule has 0 bridgehead atoms. The number of aliphatic hydroxyl groups is 1. The van der Waals surface area contributed by atoms with E-state index in [0.29, 0.717) is 0 Å². The number of esters is 3. The van der Waals surface area contributed by atoms with E-state index in [1.165, 1.54) is 0 Å². The summed E-state index contributed by atoms with van der Waals surface area (Å²) in [5.41, 5.74) is 15.8. The fraction of sp³-hybridized carbons (Fsp3) is 0.667. The molecule has 0 amide bonds. The Morgan fingerprint density at radius 3 is 2.00 bits per heavy atom. The summed E-state index contributed by atoms with van der Waals surface area (Å²) in [6.45, 7) is -1.14. The fourth-order valence-electron chi connectivity index (χ4n) is 0.747. The van der Waals surface area contributed by atoms with Gasteiger partial charge in [-0.15, -0.1) is 0 Å². The molecule has 0 saturated carbocycles. The molecular weight excluding hydrogens is 278 g/mol. The molecule has 0 aromatic carbocycles. The van der Waals surface area contributed by atoms with Gasteiger partial charge in [-0.05, 0) is 0 Å². The van der Waals surface area contributed by atoms with Gasteiger partial charge in [0.2, 0.25) is 0 Å². The molecule has 110 valence electrons. The second kappa shape index (κ2) is 8.82. The first-order chi connectivity index (χ1) is 8.83. The number of carbonyl (C=O) groups is 3. The summed E-state index contributed by atoms with van der Waals surface area (Å²) in [6.07, 6.45) is 0. The molecular formula is C9H17N3O6S. The van der Waals surface area contributed by atoms with Gasteiger partial charge in [0.1, 0.15) is 24.7 Å². The summed E-state index contributed by atoms with van der Waals surface area (Å²) in [7, 11) is 0. The van der Waals surface area contributed by atoms with E-state index < -0.39 is 49.2 Å². The average Bonchev–Trinajstić information content (AvgIpc) is 2.41. The first kappa shape index (κ1) is 17.8. The van der Waals surface area contributed by atoms with Crippen molar-refractivity contribution in [1.82, 2.24) is 0 Å². The van der Waals surface area contributed by atoms with Gasteiger partial charge in [0.15, 0.2) is 0 Å². The maximum atomic E-state index is 11.3. The van der Waals surface area contributed by atoms with E-state index in [1.54, 1.807) is 0 Å². The molecule has 0 aliphatic heterocycles. The van der Waals surface area contributed by atoms with Gasteiger partial charge in [-0.1, -0.05) is 0 Å². The highest BCUT2D eigenvalue weighted by atomic mass is 32.1. The minimum atomic E-state index is -1.36. The van der Waals surface area contributed by atoms with Crippen LogP contribution in [0.1, 0.15) is 0 Å². The van der Waals surface area contributed by atoms with E-state index in [0.717, 1.165) is 0 Å². The highest BCUT2D eigenvalue weighted by Gasteiger charge is 2.24. The Bertz CT molecular complexity index is 340. The summed E-state index contributed by atoms with van der Waals surface area (Å²) in [5, 5.41) is 8.57. The van der Waals surface area contributed by atoms with Crippen molar-refractivity contribution in [3.63, 3.8) is 0 Å². The Morgan fingerprint density at radius 2 is 1.53 bits per heavy atom. The normalized spacial score (nSPS) is 15.2. The third kappa shape index (κ3) is 6.50. The summed E-state index contributed by atoms with van der Waals surface area (Å²) in [5.74, 6) is -2.99. The van der Waals surface area contributed by atoms with Gasteiger partial charge in [-0.2, -0.15) is 12.6 Å². The summed E-state index contributed by atoms with van der Waals surface area (Å²) >= 11 is 3.76. The van der Waals surface area contributed by atoms with Crippen LogP contribution < -0.4 is 17.2 Å². The largest absolute Gasteiger partial charge is 0.462 e. The first-order valence-electron chi connectivity index (χ1n) is 5.24. The van der Waals surface area contributed by atoms with Gasteiger partial charge < -0.3 is 31.8 Å². The van der Waals surface area contributed by atoms with Crippen LogP contribution in [0.25, 0.3) is 0 Å². The lowest BCUT2D eigenvalue weighted by Crippen LogP contribution is -2.44. The van der Waals surface area contributed by atoms with E-state index >= 15 is 0 Å². The van der Waals surface area contributed by atoms with E-state index in [4.69, 9.17) is 22.3 Å². The second-order valence-electron chi connectivity index (χ2n) is 3.55. The van der Waals surface area contributed by atoms with E-state index in [1.807, 2.05) is 0 Å². The maximum Gasteiger partial charge on any atom is 0.334 e. The molecule has 7 N–H and O–H groups in total. The van der Waals surface area contributed by atoms with Crippen LogP contribution in [0.3, 0.4) is 0 Å². The topological polar surface area (TPSA) is 168 Å². The zero-order chi connectivity index (χ0) is 15.0. The van der Waals surface area contributed by atoms with Crippen LogP contribution in [-0.4, -0.2) is 60.1 Å². The molecule has 0 aliphatic carbocycles. The zero-order valence-electron chi connectivity index (χ0n) is 10.0. The van der Waals surface area contributed by atoms with Gasteiger partial charge in [0, 0.05) is 5.75 Å². The highest BCUT2D eigenvalue weighted by molar-refractivity contribution is 7.80. The molecule has 0 aromatic heterocycles. The van der Waals surface area contributed by atoms with Crippen LogP contribution in [0.2, 0.25) is 0 Å². The van der Waals surface area contributed by atoms with E-state index in [-0.39, 0.29) is 5.75 Å². The first-order valence-corrected chi connectivity index (χ1v) is 5.87. The molecule has 3 atom stereocenters. The van der Waals surface area contributed by atoms with Crippen LogP contribution in [-0.2, 0) is 23.9 Å². The number of rotatable bonds is 7. The van der Waals surface area contributed by atoms with Crippen molar-refractivity contribution in [2.75, 3.05) is 19.0 Å². The van der Waals surface area contributed by atoms with Gasteiger partial charge in [0.25, 0.3) is 0 Å². The number of carbonyl (C=O) groups excluding carboxylic acids is 3. The standard InChI is InChI=1S/C9H17N3O6S/c10-4(1-13)7(14)17-2-5(11)8(15)18-9(16)6(12)3-19/h4-6,13,19H,1-3,10-12H2/t4-,5-,6-/m0/s1. The molecule has 9 nitrogen and oxygen atoms in total. The molecule has 0 spiro atoms. The summed E-state index contributed by atoms with van der Waals surface area (Å²) < 4.78 is 8.87. The molecule has 0 rings (SSSR count). The molecule has 0 fully saturated rings. The monoisotopic (exact) mass is 295 g/mol. The lowest BCUT2D eigenvalue weighted by molar-refractivity contribution is -0.162. The minimum Gasteiger partial charge on any atom is -0.462 e. The van der Waals surface area contributed by atoms with Crippen LogP contribution >= 0.6 is 12.6 Å². The number of aliphatic hydroxyl groups excluding tert-OH is 1. The quantitative estimate of drug-likeness (QED) is 0.182. The number of thiol groups is 1. The second-order valence-corrected chi connectivity index (χ2v) is 3.92. The Hall–Kier alpha value is -1.20. The SMILES string of the molecule is N[C@@H](CO)C(=O)OC[C@H](N)C(=O)OC(=O)[C@@H](N)CS. The van der Waals surface area contributed by atoms with Crippen LogP contribution in [0.5, 0.6) is 0 Å². The number of hydrogen-bond acceptors (Lipinski definition) is 10. The predicted molar refractivity (Wildman–Crippen MR) is 66.9 cm³/mol. The van der Waals surface area contributed by atoms with Crippen molar-refractivity contribution in [3.05, 3.63) is 0 Å². The molecule has 0 heterocycles. The van der Waals surface area contributed by atoms with Crippen molar-refractivity contribution in [2.45, 2.75) is 18.1 Å². The minimum absolute atomic E-state index is 0.00168. The van der Waals surface area contributed by atoms with E-state index in [2.05, 4.69) is 22.1 Å². The molecule has 0 saturated heterocycles. The Labute approximate surface area is 114 Å². The van der Waals surface area contributed by atoms with Crippen LogP contribution in [0.15, 0.2) is 0 Å². The number of hydrogen-bond donors (Lipinski definition) is 5. The number of nitrogens with two attached hydrogens (primary N) is 3. The Balaban J connectivity index is 4.14. The lowest BCUT2D eigenvalue weighted by Gasteiger charge is -2.14. The van der Waals surface area contributed by atoms with Gasteiger partial charge in [0.05, 0.1) is 6.61 Å². The summed E-state index contributed by atoms with van der Waals surface area (Å²) in [4.78, 5) is 33.5. The highest BCUT2D eigenvalue weighted by Crippen LogP contribution is 1.94. The number of ether oxygens (including phenoxy) is 2. The van der Waals surface area contributed by atoms with E-state index in [9.17, 15) is 14.4 Å². The average molecular weight is 295 g/mol. The van der Waals surface area contributed by atoms with Crippen molar-refractivity contribution in [2.24, 2.45) is 17.2 Å². The molecule has 0 aliphatic rings. The molecule has 0 radical (unpaired) electrons. The van der Waals surface area contributed by atoms with Gasteiger partial charge in [-0.25, -0.2) is 9.59 Å². The zero-order valence-corrected chi connectivity index (χ0v) is 10.9. The van der Waals surface area contributed by atoms with Crippen molar-refractivity contribution >= 4 is 30.5 Å². The molecule has 0 unspecified atom stereocenters. The Kier molecular flexibility index (Phi) is 8.27. The van der Waals surface area contributed by atoms with Crippen molar-refractivity contribution in [1.29, 1.82) is 0 Å². The predicted octanol–water partition coefficient (Wildman–Crippen LogP) is -3.50. The third-order valence-corrected chi connectivity index (χ3v) is 2.30. The lowest BCUT2D eigenvalue weighted by atomic mass is 10.3. The smallest absolute Gasteiger partial charge is 0.334 e. The summed E-state index contributed by atoms with van der Waals surface area (Å²) in [6, 6.07) is -3.63. The third-order valence-electron chi connectivity index (χ3n) is 1.91. The van der Waals surface area contributed by atoms with Gasteiger partial charge >= 0.3 is 17.9 Å². The maximum absolute atomic E-state index is 11.3.